The fourth-order valence-electron chi connectivity index (χ4n) is 2.25. The molecule has 0 aromatic carbocycles. The number of rotatable bonds is 3. The topological polar surface area (TPSA) is 74.2 Å². The highest BCUT2D eigenvalue weighted by atomic mass is 16.5. The van der Waals surface area contributed by atoms with Crippen molar-refractivity contribution < 1.29 is 9.26 Å². The molecule has 1 fully saturated rings. The monoisotopic (exact) mass is 225 g/mol. The molecule has 1 heterocycles. The maximum absolute atomic E-state index is 5.70. The highest BCUT2D eigenvalue weighted by molar-refractivity contribution is 5.04. The summed E-state index contributed by atoms with van der Waals surface area (Å²) in [6, 6.07) is -0.223. The van der Waals surface area contributed by atoms with Gasteiger partial charge in [0.25, 0.3) is 0 Å². The minimum absolute atomic E-state index is 0.223. The van der Waals surface area contributed by atoms with E-state index in [1.54, 1.807) is 7.11 Å². The molecule has 0 radical (unpaired) electrons. The Morgan fingerprint density at radius 3 is 2.56 bits per heavy atom. The van der Waals surface area contributed by atoms with Crippen molar-refractivity contribution in [3.8, 4) is 0 Å². The summed E-state index contributed by atoms with van der Waals surface area (Å²) in [6.07, 6.45) is 5.47. The summed E-state index contributed by atoms with van der Waals surface area (Å²) in [4.78, 5) is 4.35. The smallest absolute Gasteiger partial charge is 0.243 e. The van der Waals surface area contributed by atoms with Crippen LogP contribution in [0.3, 0.4) is 0 Å². The molecular weight excluding hydrogens is 206 g/mol. The highest BCUT2D eigenvalue weighted by Crippen LogP contribution is 2.38. The lowest BCUT2D eigenvalue weighted by Crippen LogP contribution is -2.32. The van der Waals surface area contributed by atoms with Gasteiger partial charge >= 0.3 is 0 Å². The second kappa shape index (κ2) is 4.51. The van der Waals surface area contributed by atoms with E-state index in [0.29, 0.717) is 11.7 Å². The van der Waals surface area contributed by atoms with Gasteiger partial charge in [0.2, 0.25) is 11.7 Å². The molecule has 1 aromatic heterocycles. The third kappa shape index (κ3) is 1.97. The standard InChI is InChI=1S/C11H19N3O2/c1-8(12)9-13-10(14-16-9)11(15-2)6-4-3-5-7-11/h8H,3-7,12H2,1-2H3/t8-/m0/s1. The maximum Gasteiger partial charge on any atom is 0.243 e. The molecular formula is C11H19N3O2. The normalized spacial score (nSPS) is 21.9. The van der Waals surface area contributed by atoms with Crippen LogP contribution in [0, 0.1) is 0 Å². The summed E-state index contributed by atoms with van der Waals surface area (Å²) in [5.41, 5.74) is 5.35. The predicted molar refractivity (Wildman–Crippen MR) is 58.7 cm³/mol. The molecule has 1 saturated carbocycles. The molecule has 0 saturated heterocycles. The van der Waals surface area contributed by atoms with E-state index in [9.17, 15) is 0 Å². The van der Waals surface area contributed by atoms with Gasteiger partial charge in [-0.1, -0.05) is 24.4 Å². The minimum Gasteiger partial charge on any atom is -0.370 e. The van der Waals surface area contributed by atoms with Crippen molar-refractivity contribution in [2.45, 2.75) is 50.7 Å². The van der Waals surface area contributed by atoms with Gasteiger partial charge in [0, 0.05) is 7.11 Å². The van der Waals surface area contributed by atoms with Crippen LogP contribution in [0.2, 0.25) is 0 Å². The molecule has 0 aliphatic heterocycles. The van der Waals surface area contributed by atoms with Crippen LogP contribution in [0.4, 0.5) is 0 Å². The lowest BCUT2D eigenvalue weighted by molar-refractivity contribution is -0.0527. The SMILES string of the molecule is COC1(c2noc([C@H](C)N)n2)CCCCC1. The molecule has 1 aliphatic rings. The number of nitrogens with zero attached hydrogens (tertiary/aromatic N) is 2. The quantitative estimate of drug-likeness (QED) is 0.850. The Morgan fingerprint density at radius 2 is 2.06 bits per heavy atom. The fraction of sp³-hybridized carbons (Fsp3) is 0.818. The van der Waals surface area contributed by atoms with Crippen molar-refractivity contribution in [2.24, 2.45) is 5.73 Å². The van der Waals surface area contributed by atoms with Crippen molar-refractivity contribution in [2.75, 3.05) is 7.11 Å². The zero-order valence-corrected chi connectivity index (χ0v) is 9.90. The molecule has 0 unspecified atom stereocenters. The first-order valence-electron chi connectivity index (χ1n) is 5.83. The zero-order valence-electron chi connectivity index (χ0n) is 9.90. The van der Waals surface area contributed by atoms with Crippen LogP contribution in [0.5, 0.6) is 0 Å². The Balaban J connectivity index is 2.25. The van der Waals surface area contributed by atoms with Gasteiger partial charge in [-0.15, -0.1) is 0 Å². The summed E-state index contributed by atoms with van der Waals surface area (Å²) in [5, 5.41) is 4.01. The highest BCUT2D eigenvalue weighted by Gasteiger charge is 2.38. The number of nitrogens with two attached hydrogens (primary N) is 1. The van der Waals surface area contributed by atoms with Crippen molar-refractivity contribution in [1.82, 2.24) is 10.1 Å². The number of ether oxygens (including phenoxy) is 1. The first-order valence-corrected chi connectivity index (χ1v) is 5.83. The van der Waals surface area contributed by atoms with Gasteiger partial charge in [-0.3, -0.25) is 0 Å². The molecule has 1 aliphatic carbocycles. The van der Waals surface area contributed by atoms with Gasteiger partial charge in [0.1, 0.15) is 5.60 Å². The van der Waals surface area contributed by atoms with Crippen molar-refractivity contribution in [3.05, 3.63) is 11.7 Å². The Labute approximate surface area is 95.3 Å². The zero-order chi connectivity index (χ0) is 11.6. The number of methoxy groups -OCH3 is 1. The second-order valence-corrected chi connectivity index (χ2v) is 4.50. The molecule has 2 N–H and O–H groups in total. The van der Waals surface area contributed by atoms with Crippen molar-refractivity contribution in [1.29, 1.82) is 0 Å². The summed E-state index contributed by atoms with van der Waals surface area (Å²) in [6.45, 7) is 1.83. The molecule has 1 atom stereocenters. The summed E-state index contributed by atoms with van der Waals surface area (Å²) >= 11 is 0. The summed E-state index contributed by atoms with van der Waals surface area (Å²) in [5.74, 6) is 1.14. The van der Waals surface area contributed by atoms with Gasteiger partial charge in [-0.05, 0) is 19.8 Å². The van der Waals surface area contributed by atoms with Crippen LogP contribution >= 0.6 is 0 Å². The molecule has 5 heteroatoms. The van der Waals surface area contributed by atoms with E-state index >= 15 is 0 Å². The van der Waals surface area contributed by atoms with Gasteiger partial charge in [-0.2, -0.15) is 4.98 Å². The first-order chi connectivity index (χ1) is 7.68. The minimum atomic E-state index is -0.352. The molecule has 0 amide bonds. The van der Waals surface area contributed by atoms with E-state index in [0.717, 1.165) is 25.7 Å². The Kier molecular flexibility index (Phi) is 3.25. The molecule has 90 valence electrons. The van der Waals surface area contributed by atoms with Gasteiger partial charge < -0.3 is 15.0 Å². The molecule has 5 nitrogen and oxygen atoms in total. The molecule has 0 bridgehead atoms. The van der Waals surface area contributed by atoms with E-state index in [4.69, 9.17) is 15.0 Å². The van der Waals surface area contributed by atoms with Gasteiger partial charge in [-0.25, -0.2) is 0 Å². The van der Waals surface area contributed by atoms with Crippen molar-refractivity contribution >= 4 is 0 Å². The van der Waals surface area contributed by atoms with E-state index in [1.807, 2.05) is 6.92 Å². The third-order valence-electron chi connectivity index (χ3n) is 3.29. The van der Waals surface area contributed by atoms with Crippen LogP contribution in [-0.2, 0) is 10.3 Å². The lowest BCUT2D eigenvalue weighted by Gasteiger charge is -2.32. The second-order valence-electron chi connectivity index (χ2n) is 4.50. The van der Waals surface area contributed by atoms with E-state index in [1.165, 1.54) is 6.42 Å². The summed E-state index contributed by atoms with van der Waals surface area (Å²) in [7, 11) is 1.72. The Bertz CT molecular complexity index is 343. The average Bonchev–Trinajstić information content (AvgIpc) is 2.80. The van der Waals surface area contributed by atoms with Crippen LogP contribution in [-0.4, -0.2) is 17.3 Å². The Morgan fingerprint density at radius 1 is 1.38 bits per heavy atom. The maximum atomic E-state index is 5.70. The molecule has 0 spiro atoms. The largest absolute Gasteiger partial charge is 0.370 e. The lowest BCUT2D eigenvalue weighted by atomic mass is 9.84. The number of aromatic nitrogens is 2. The first kappa shape index (κ1) is 11.5. The van der Waals surface area contributed by atoms with Crippen molar-refractivity contribution in [3.63, 3.8) is 0 Å². The predicted octanol–water partition coefficient (Wildman–Crippen LogP) is 1.90. The molecule has 2 rings (SSSR count). The number of hydrogen-bond acceptors (Lipinski definition) is 5. The molecule has 1 aromatic rings. The van der Waals surface area contributed by atoms with E-state index in [-0.39, 0.29) is 11.6 Å². The third-order valence-corrected chi connectivity index (χ3v) is 3.29. The van der Waals surface area contributed by atoms with Crippen LogP contribution in [0.25, 0.3) is 0 Å². The van der Waals surface area contributed by atoms with Crippen LogP contribution in [0.15, 0.2) is 4.52 Å². The average molecular weight is 225 g/mol. The fourth-order valence-corrected chi connectivity index (χ4v) is 2.25. The Hall–Kier alpha value is -0.940. The van der Waals surface area contributed by atoms with Gasteiger partial charge in [0.05, 0.1) is 6.04 Å². The van der Waals surface area contributed by atoms with Crippen LogP contribution < -0.4 is 5.73 Å². The summed E-state index contributed by atoms with van der Waals surface area (Å²) < 4.78 is 10.8. The van der Waals surface area contributed by atoms with Gasteiger partial charge in [0.15, 0.2) is 0 Å². The van der Waals surface area contributed by atoms with E-state index < -0.39 is 0 Å². The van der Waals surface area contributed by atoms with E-state index in [2.05, 4.69) is 10.1 Å². The molecule has 16 heavy (non-hydrogen) atoms. The van der Waals surface area contributed by atoms with Crippen LogP contribution in [0.1, 0.15) is 56.8 Å². The number of hydrogen-bond donors (Lipinski definition) is 1.